The largest absolute Gasteiger partial charge is 0.324 e. The van der Waals surface area contributed by atoms with E-state index in [0.29, 0.717) is 11.6 Å². The molecule has 4 aromatic rings. The van der Waals surface area contributed by atoms with Gasteiger partial charge in [-0.05, 0) is 35.9 Å². The number of primary sulfonamides is 1. The van der Waals surface area contributed by atoms with Gasteiger partial charge < -0.3 is 5.32 Å². The zero-order chi connectivity index (χ0) is 19.0. The zero-order valence-corrected chi connectivity index (χ0v) is 15.2. The molecule has 0 aliphatic carbocycles. The molecule has 2 heterocycles. The molecule has 0 radical (unpaired) electrons. The van der Waals surface area contributed by atoms with Gasteiger partial charge >= 0.3 is 0 Å². The molecule has 0 spiro atoms. The number of anilines is 2. The third-order valence-corrected chi connectivity index (χ3v) is 4.99. The summed E-state index contributed by atoms with van der Waals surface area (Å²) in [5.74, 6) is 0.411. The Labute approximate surface area is 155 Å². The smallest absolute Gasteiger partial charge is 0.238 e. The average molecular weight is 380 g/mol. The van der Waals surface area contributed by atoms with Crippen LogP contribution in [-0.4, -0.2) is 28.2 Å². The molecule has 2 aromatic heterocycles. The second-order valence-electron chi connectivity index (χ2n) is 6.06. The van der Waals surface area contributed by atoms with Crippen molar-refractivity contribution in [2.75, 3.05) is 5.32 Å². The van der Waals surface area contributed by atoms with Crippen molar-refractivity contribution in [3.8, 4) is 11.1 Å². The van der Waals surface area contributed by atoms with Crippen molar-refractivity contribution in [2.24, 2.45) is 12.2 Å². The predicted octanol–water partition coefficient (Wildman–Crippen LogP) is 2.42. The van der Waals surface area contributed by atoms with Crippen LogP contribution >= 0.6 is 0 Å². The number of sulfonamides is 1. The molecule has 136 valence electrons. The first-order chi connectivity index (χ1) is 12.9. The summed E-state index contributed by atoms with van der Waals surface area (Å²) in [6, 6.07) is 12.0. The van der Waals surface area contributed by atoms with Crippen LogP contribution in [0.2, 0.25) is 0 Å². The van der Waals surface area contributed by atoms with Crippen molar-refractivity contribution in [1.82, 2.24) is 19.7 Å². The lowest BCUT2D eigenvalue weighted by atomic mass is 10.1. The van der Waals surface area contributed by atoms with Crippen LogP contribution < -0.4 is 10.5 Å². The molecule has 3 N–H and O–H groups in total. The van der Waals surface area contributed by atoms with Gasteiger partial charge in [-0.1, -0.05) is 12.1 Å². The third kappa shape index (κ3) is 3.64. The highest BCUT2D eigenvalue weighted by Crippen LogP contribution is 2.24. The van der Waals surface area contributed by atoms with Crippen LogP contribution in [-0.2, 0) is 17.1 Å². The van der Waals surface area contributed by atoms with Gasteiger partial charge in [-0.25, -0.2) is 23.5 Å². The van der Waals surface area contributed by atoms with Crippen LogP contribution in [0.4, 0.5) is 11.6 Å². The summed E-state index contributed by atoms with van der Waals surface area (Å²) in [6.45, 7) is 0. The lowest BCUT2D eigenvalue weighted by molar-refractivity contribution is 0.598. The molecule has 0 amide bonds. The fourth-order valence-electron chi connectivity index (χ4n) is 2.69. The number of nitrogens with zero attached hydrogens (tertiary/aromatic N) is 4. The van der Waals surface area contributed by atoms with Crippen LogP contribution in [0.1, 0.15) is 0 Å². The summed E-state index contributed by atoms with van der Waals surface area (Å²) >= 11 is 0. The number of hydrogen-bond acceptors (Lipinski definition) is 6. The Morgan fingerprint density at radius 2 is 1.81 bits per heavy atom. The monoisotopic (exact) mass is 380 g/mol. The number of aromatic nitrogens is 4. The van der Waals surface area contributed by atoms with Gasteiger partial charge in [0.05, 0.1) is 16.6 Å². The highest BCUT2D eigenvalue weighted by molar-refractivity contribution is 7.89. The topological polar surface area (TPSA) is 116 Å². The zero-order valence-electron chi connectivity index (χ0n) is 14.4. The molecule has 0 bridgehead atoms. The van der Waals surface area contributed by atoms with Gasteiger partial charge in [-0.2, -0.15) is 5.10 Å². The second-order valence-corrected chi connectivity index (χ2v) is 7.63. The van der Waals surface area contributed by atoms with Gasteiger partial charge in [-0.15, -0.1) is 0 Å². The summed E-state index contributed by atoms with van der Waals surface area (Å²) in [5.41, 5.74) is 3.46. The fraction of sp³-hybridized carbons (Fsp3) is 0.0556. The summed E-state index contributed by atoms with van der Waals surface area (Å²) in [7, 11) is -1.85. The van der Waals surface area contributed by atoms with E-state index in [1.807, 2.05) is 31.4 Å². The average Bonchev–Trinajstić information content (AvgIpc) is 3.07. The highest BCUT2D eigenvalue weighted by Gasteiger charge is 2.08. The highest BCUT2D eigenvalue weighted by atomic mass is 32.2. The van der Waals surface area contributed by atoms with E-state index < -0.39 is 10.0 Å². The maximum absolute atomic E-state index is 11.3. The minimum Gasteiger partial charge on any atom is -0.324 e. The van der Waals surface area contributed by atoms with Crippen molar-refractivity contribution in [3.05, 3.63) is 61.1 Å². The van der Waals surface area contributed by atoms with Crippen LogP contribution in [0.15, 0.2) is 66.0 Å². The minimum absolute atomic E-state index is 0.0496. The first-order valence-corrected chi connectivity index (χ1v) is 9.59. The molecular formula is C18H16N6O2S. The quantitative estimate of drug-likeness (QED) is 0.562. The van der Waals surface area contributed by atoms with Crippen molar-refractivity contribution in [2.45, 2.75) is 4.90 Å². The molecule has 2 aromatic carbocycles. The summed E-state index contributed by atoms with van der Waals surface area (Å²) < 4.78 is 24.4. The summed E-state index contributed by atoms with van der Waals surface area (Å²) in [6.07, 6.45) is 5.47. The third-order valence-electron chi connectivity index (χ3n) is 4.06. The van der Waals surface area contributed by atoms with Gasteiger partial charge in [-0.3, -0.25) is 4.68 Å². The van der Waals surface area contributed by atoms with Gasteiger partial charge in [0.25, 0.3) is 0 Å². The SMILES string of the molecule is Cn1cc(-c2ccc3cnc(Nc4ccc(S(N)(=O)=O)cc4)nc3c2)cn1. The van der Waals surface area contributed by atoms with E-state index in [1.54, 1.807) is 29.2 Å². The summed E-state index contributed by atoms with van der Waals surface area (Å²) in [4.78, 5) is 8.89. The standard InChI is InChI=1S/C18H16N6O2S/c1-24-11-14(10-21-24)12-2-3-13-9-20-18(23-17(13)8-12)22-15-4-6-16(7-5-15)27(19,25)26/h2-11H,1H3,(H2,19,25,26)(H,20,22,23). The van der Waals surface area contributed by atoms with Crippen molar-refractivity contribution >= 4 is 32.6 Å². The molecule has 0 saturated carbocycles. The van der Waals surface area contributed by atoms with Crippen LogP contribution in [0, 0.1) is 0 Å². The van der Waals surface area contributed by atoms with Gasteiger partial charge in [0, 0.05) is 36.1 Å². The molecule has 0 unspecified atom stereocenters. The maximum atomic E-state index is 11.3. The van der Waals surface area contributed by atoms with E-state index in [4.69, 9.17) is 5.14 Å². The Morgan fingerprint density at radius 1 is 1.04 bits per heavy atom. The predicted molar refractivity (Wildman–Crippen MR) is 103 cm³/mol. The molecule has 8 nitrogen and oxygen atoms in total. The number of aryl methyl sites for hydroxylation is 1. The molecule has 0 aliphatic heterocycles. The number of nitrogens with one attached hydrogen (secondary N) is 1. The number of fused-ring (bicyclic) bond motifs is 1. The Balaban J connectivity index is 1.64. The van der Waals surface area contributed by atoms with Crippen LogP contribution in [0.5, 0.6) is 0 Å². The van der Waals surface area contributed by atoms with Crippen LogP contribution in [0.25, 0.3) is 22.0 Å². The lowest BCUT2D eigenvalue weighted by Gasteiger charge is -2.07. The fourth-order valence-corrected chi connectivity index (χ4v) is 3.21. The normalized spacial score (nSPS) is 11.6. The number of hydrogen-bond donors (Lipinski definition) is 2. The number of rotatable bonds is 4. The Morgan fingerprint density at radius 3 is 2.48 bits per heavy atom. The van der Waals surface area contributed by atoms with Crippen molar-refractivity contribution in [1.29, 1.82) is 0 Å². The molecule has 0 aliphatic rings. The van der Waals surface area contributed by atoms with Crippen LogP contribution in [0.3, 0.4) is 0 Å². The molecule has 4 rings (SSSR count). The summed E-state index contributed by atoms with van der Waals surface area (Å²) in [5, 5.41) is 13.3. The lowest BCUT2D eigenvalue weighted by Crippen LogP contribution is -2.11. The first kappa shape index (κ1) is 17.1. The number of nitrogens with two attached hydrogens (primary N) is 1. The van der Waals surface area contributed by atoms with Crippen molar-refractivity contribution < 1.29 is 8.42 Å². The van der Waals surface area contributed by atoms with E-state index in [9.17, 15) is 8.42 Å². The molecular weight excluding hydrogens is 364 g/mol. The maximum Gasteiger partial charge on any atom is 0.238 e. The van der Waals surface area contributed by atoms with Gasteiger partial charge in [0.1, 0.15) is 0 Å². The Hall–Kier alpha value is -3.30. The number of benzene rings is 2. The molecule has 0 fully saturated rings. The van der Waals surface area contributed by atoms with Gasteiger partial charge in [0.2, 0.25) is 16.0 Å². The van der Waals surface area contributed by atoms with E-state index in [1.165, 1.54) is 12.1 Å². The van der Waals surface area contributed by atoms with E-state index in [-0.39, 0.29) is 4.90 Å². The minimum atomic E-state index is -3.72. The molecule has 27 heavy (non-hydrogen) atoms. The Bertz CT molecular complexity index is 1230. The first-order valence-electron chi connectivity index (χ1n) is 8.04. The Kier molecular flexibility index (Phi) is 4.09. The van der Waals surface area contributed by atoms with Crippen molar-refractivity contribution in [3.63, 3.8) is 0 Å². The van der Waals surface area contributed by atoms with E-state index >= 15 is 0 Å². The molecule has 9 heteroatoms. The molecule has 0 saturated heterocycles. The van der Waals surface area contributed by atoms with Gasteiger partial charge in [0.15, 0.2) is 0 Å². The van der Waals surface area contributed by atoms with E-state index in [0.717, 1.165) is 22.0 Å². The second kappa shape index (κ2) is 6.45. The van der Waals surface area contributed by atoms with E-state index in [2.05, 4.69) is 20.4 Å². The molecule has 0 atom stereocenters.